The van der Waals surface area contributed by atoms with Gasteiger partial charge in [0.2, 0.25) is 0 Å². The molecule has 0 radical (unpaired) electrons. The Labute approximate surface area is 147 Å². The van der Waals surface area contributed by atoms with Gasteiger partial charge in [-0.15, -0.1) is 0 Å². The minimum Gasteiger partial charge on any atom is -0.453 e. The minimum absolute atomic E-state index is 0.0543. The Morgan fingerprint density at radius 2 is 2.16 bits per heavy atom. The van der Waals surface area contributed by atoms with E-state index in [1.807, 2.05) is 0 Å². The van der Waals surface area contributed by atoms with Gasteiger partial charge in [0.05, 0.1) is 7.11 Å². The molecule has 0 bridgehead atoms. The van der Waals surface area contributed by atoms with E-state index in [0.717, 1.165) is 12.8 Å². The quantitative estimate of drug-likeness (QED) is 0.568. The van der Waals surface area contributed by atoms with Crippen LogP contribution in [0.5, 0.6) is 0 Å². The van der Waals surface area contributed by atoms with Gasteiger partial charge in [-0.2, -0.15) is 0 Å². The van der Waals surface area contributed by atoms with E-state index in [-0.39, 0.29) is 18.1 Å². The van der Waals surface area contributed by atoms with Gasteiger partial charge in [0.1, 0.15) is 17.3 Å². The van der Waals surface area contributed by atoms with Gasteiger partial charge >= 0.3 is 6.09 Å². The highest BCUT2D eigenvalue weighted by Gasteiger charge is 2.50. The number of methoxy groups -OCH3 is 1. The summed E-state index contributed by atoms with van der Waals surface area (Å²) in [6.07, 6.45) is 6.20. The highest BCUT2D eigenvalue weighted by molar-refractivity contribution is 5.68. The Morgan fingerprint density at radius 3 is 2.84 bits per heavy atom. The van der Waals surface area contributed by atoms with Crippen molar-refractivity contribution in [1.82, 2.24) is 4.90 Å². The van der Waals surface area contributed by atoms with Crippen LogP contribution in [-0.4, -0.2) is 63.3 Å². The molecular weight excluding hydrogens is 322 g/mol. The second-order valence-electron chi connectivity index (χ2n) is 7.32. The highest BCUT2D eigenvalue weighted by Crippen LogP contribution is 2.42. The standard InChI is InChI=1S/C19H25NO5/c1-18(23)12-13(5-6-16(18)21)7-10-19(24)9-3-4-15-14(19)8-11-20(15)17(22)25-2/h5-6,12,14-16,21,23-24H,3-4,8-9,11H2,1-2H3/t14-,15-,16?,18?,19-/m1/s1. The molecule has 6 nitrogen and oxygen atoms in total. The predicted octanol–water partition coefficient (Wildman–Crippen LogP) is 0.970. The Bertz CT molecular complexity index is 671. The number of hydrogen-bond donors (Lipinski definition) is 3. The van der Waals surface area contributed by atoms with E-state index in [1.54, 1.807) is 11.0 Å². The molecule has 3 rings (SSSR count). The number of allylic oxidation sites excluding steroid dienone is 2. The number of amides is 1. The number of ether oxygens (including phenoxy) is 1. The first-order valence-electron chi connectivity index (χ1n) is 8.68. The maximum atomic E-state index is 11.9. The van der Waals surface area contributed by atoms with E-state index in [2.05, 4.69) is 11.8 Å². The lowest BCUT2D eigenvalue weighted by Gasteiger charge is -2.39. The first-order chi connectivity index (χ1) is 11.8. The molecule has 2 aliphatic carbocycles. The van der Waals surface area contributed by atoms with Crippen molar-refractivity contribution in [2.75, 3.05) is 13.7 Å². The largest absolute Gasteiger partial charge is 0.453 e. The van der Waals surface area contributed by atoms with Gasteiger partial charge in [0.15, 0.2) is 0 Å². The van der Waals surface area contributed by atoms with Crippen LogP contribution in [0.4, 0.5) is 4.79 Å². The van der Waals surface area contributed by atoms with E-state index in [4.69, 9.17) is 4.74 Å². The van der Waals surface area contributed by atoms with Crippen LogP contribution in [-0.2, 0) is 4.74 Å². The van der Waals surface area contributed by atoms with E-state index < -0.39 is 17.3 Å². The molecule has 2 fully saturated rings. The second kappa shape index (κ2) is 6.49. The van der Waals surface area contributed by atoms with Crippen LogP contribution in [0.3, 0.4) is 0 Å². The molecule has 25 heavy (non-hydrogen) atoms. The first kappa shape index (κ1) is 18.0. The summed E-state index contributed by atoms with van der Waals surface area (Å²) in [4.78, 5) is 13.6. The van der Waals surface area contributed by atoms with Crippen molar-refractivity contribution in [2.24, 2.45) is 5.92 Å². The maximum Gasteiger partial charge on any atom is 0.409 e. The fourth-order valence-electron chi connectivity index (χ4n) is 4.13. The molecule has 0 aromatic heterocycles. The number of carbonyl (C=O) groups is 1. The van der Waals surface area contributed by atoms with Gasteiger partial charge in [0, 0.05) is 24.1 Å². The average molecular weight is 347 g/mol. The second-order valence-corrected chi connectivity index (χ2v) is 7.32. The summed E-state index contributed by atoms with van der Waals surface area (Å²) >= 11 is 0. The zero-order valence-electron chi connectivity index (χ0n) is 14.6. The lowest BCUT2D eigenvalue weighted by Crippen LogP contribution is -2.49. The normalized spacial score (nSPS) is 40.0. The van der Waals surface area contributed by atoms with Crippen LogP contribution in [0.2, 0.25) is 0 Å². The van der Waals surface area contributed by atoms with Gasteiger partial charge in [-0.25, -0.2) is 4.79 Å². The summed E-state index contributed by atoms with van der Waals surface area (Å²) in [5.41, 5.74) is -1.97. The molecule has 3 aliphatic rings. The molecule has 3 N–H and O–H groups in total. The molecule has 6 heteroatoms. The lowest BCUT2D eigenvalue weighted by atomic mass is 9.72. The van der Waals surface area contributed by atoms with Crippen molar-refractivity contribution in [2.45, 2.75) is 56.0 Å². The number of nitrogens with zero attached hydrogens (tertiary/aromatic N) is 1. The molecule has 0 spiro atoms. The van der Waals surface area contributed by atoms with Crippen LogP contribution in [0.25, 0.3) is 0 Å². The van der Waals surface area contributed by atoms with E-state index in [1.165, 1.54) is 26.2 Å². The van der Waals surface area contributed by atoms with Crippen LogP contribution >= 0.6 is 0 Å². The Hall–Kier alpha value is -1.81. The van der Waals surface area contributed by atoms with E-state index in [9.17, 15) is 20.1 Å². The summed E-state index contributed by atoms with van der Waals surface area (Å²) in [5.74, 6) is 5.83. The smallest absolute Gasteiger partial charge is 0.409 e. The molecule has 2 unspecified atom stereocenters. The Balaban J connectivity index is 1.81. The van der Waals surface area contributed by atoms with Gasteiger partial charge in [0.25, 0.3) is 0 Å². The summed E-state index contributed by atoms with van der Waals surface area (Å²) in [5, 5.41) is 31.0. The predicted molar refractivity (Wildman–Crippen MR) is 91.4 cm³/mol. The highest BCUT2D eigenvalue weighted by atomic mass is 16.5. The van der Waals surface area contributed by atoms with Crippen molar-refractivity contribution >= 4 is 6.09 Å². The summed E-state index contributed by atoms with van der Waals surface area (Å²) in [7, 11) is 1.37. The van der Waals surface area contributed by atoms with Crippen molar-refractivity contribution in [3.05, 3.63) is 23.8 Å². The lowest BCUT2D eigenvalue weighted by molar-refractivity contribution is -0.0137. The van der Waals surface area contributed by atoms with Gasteiger partial charge in [-0.05, 0) is 44.8 Å². The summed E-state index contributed by atoms with van der Waals surface area (Å²) < 4.78 is 4.84. The van der Waals surface area contributed by atoms with Crippen molar-refractivity contribution < 1.29 is 24.9 Å². The molecule has 5 atom stereocenters. The van der Waals surface area contributed by atoms with Gasteiger partial charge < -0.3 is 25.0 Å². The Morgan fingerprint density at radius 1 is 1.40 bits per heavy atom. The molecule has 1 saturated heterocycles. The third kappa shape index (κ3) is 3.32. The number of likely N-dealkylation sites (tertiary alicyclic amines) is 1. The zero-order valence-corrected chi connectivity index (χ0v) is 14.6. The van der Waals surface area contributed by atoms with E-state index >= 15 is 0 Å². The molecule has 1 saturated carbocycles. The maximum absolute atomic E-state index is 11.9. The summed E-state index contributed by atoms with van der Waals surface area (Å²) in [6.45, 7) is 2.08. The minimum atomic E-state index is -1.37. The third-order valence-corrected chi connectivity index (χ3v) is 5.55. The molecule has 1 amide bonds. The summed E-state index contributed by atoms with van der Waals surface area (Å²) in [6, 6.07) is -0.0543. The van der Waals surface area contributed by atoms with Crippen molar-refractivity contribution in [1.29, 1.82) is 0 Å². The monoisotopic (exact) mass is 347 g/mol. The van der Waals surface area contributed by atoms with Crippen LogP contribution in [0, 0.1) is 17.8 Å². The van der Waals surface area contributed by atoms with Crippen LogP contribution in [0.15, 0.2) is 23.8 Å². The van der Waals surface area contributed by atoms with Crippen molar-refractivity contribution in [3.63, 3.8) is 0 Å². The number of hydrogen-bond acceptors (Lipinski definition) is 5. The van der Waals surface area contributed by atoms with Crippen LogP contribution in [0.1, 0.15) is 32.6 Å². The molecule has 136 valence electrons. The molecule has 0 aromatic carbocycles. The van der Waals surface area contributed by atoms with Crippen LogP contribution < -0.4 is 0 Å². The van der Waals surface area contributed by atoms with Gasteiger partial charge in [-0.1, -0.05) is 17.9 Å². The first-order valence-corrected chi connectivity index (χ1v) is 8.68. The fourth-order valence-corrected chi connectivity index (χ4v) is 4.13. The molecule has 1 heterocycles. The topological polar surface area (TPSA) is 90.2 Å². The number of aliphatic hydroxyl groups excluding tert-OH is 1. The molecule has 0 aromatic rings. The molecule has 1 aliphatic heterocycles. The third-order valence-electron chi connectivity index (χ3n) is 5.55. The average Bonchev–Trinajstić information content (AvgIpc) is 3.01. The zero-order chi connectivity index (χ0) is 18.2. The SMILES string of the molecule is COC(=O)N1CC[C@@H]2[C@H]1CCC[C@@]2(O)C#CC1=CC(C)(O)C(O)C=C1. The molecular formula is C19H25NO5. The van der Waals surface area contributed by atoms with E-state index in [0.29, 0.717) is 25.0 Å². The number of rotatable bonds is 0. The fraction of sp³-hybridized carbons (Fsp3) is 0.632. The number of aliphatic hydroxyl groups is 3. The Kier molecular flexibility index (Phi) is 4.67. The number of fused-ring (bicyclic) bond motifs is 1. The van der Waals surface area contributed by atoms with Crippen molar-refractivity contribution in [3.8, 4) is 11.8 Å². The number of carbonyl (C=O) groups excluding carboxylic acids is 1. The van der Waals surface area contributed by atoms with Gasteiger partial charge in [-0.3, -0.25) is 0 Å².